The first-order chi connectivity index (χ1) is 14.5. The summed E-state index contributed by atoms with van der Waals surface area (Å²) in [6, 6.07) is 18.4. The predicted octanol–water partition coefficient (Wildman–Crippen LogP) is 4.34. The molecule has 2 aromatic carbocycles. The third kappa shape index (κ3) is 4.17. The van der Waals surface area contributed by atoms with Crippen LogP contribution in [0.1, 0.15) is 23.6 Å². The number of hydrogen-bond donors (Lipinski definition) is 1. The summed E-state index contributed by atoms with van der Waals surface area (Å²) in [6.45, 7) is 2.01. The third-order valence-electron chi connectivity index (χ3n) is 5.30. The number of aromatic nitrogens is 1. The van der Waals surface area contributed by atoms with Crippen molar-refractivity contribution in [3.05, 3.63) is 84.2 Å². The topological polar surface area (TPSA) is 71.5 Å². The van der Waals surface area contributed by atoms with E-state index in [1.807, 2.05) is 55.5 Å². The maximum Gasteiger partial charge on any atom is 0.230 e. The van der Waals surface area contributed by atoms with E-state index in [0.717, 1.165) is 16.9 Å². The second-order valence-corrected chi connectivity index (χ2v) is 7.48. The van der Waals surface area contributed by atoms with Gasteiger partial charge in [0.1, 0.15) is 11.5 Å². The molecule has 0 aliphatic carbocycles. The van der Waals surface area contributed by atoms with Crippen LogP contribution >= 0.6 is 0 Å². The van der Waals surface area contributed by atoms with Gasteiger partial charge in [0.15, 0.2) is 0 Å². The van der Waals surface area contributed by atoms with E-state index in [1.165, 1.54) is 0 Å². The Balaban J connectivity index is 1.46. The van der Waals surface area contributed by atoms with Crippen LogP contribution in [0.3, 0.4) is 0 Å². The predicted molar refractivity (Wildman–Crippen MR) is 114 cm³/mol. The minimum Gasteiger partial charge on any atom is -0.457 e. The molecule has 1 N–H and O–H groups in total. The van der Waals surface area contributed by atoms with Crippen LogP contribution in [0.2, 0.25) is 0 Å². The standard InChI is InChI=1S/C24H23N3O3/c1-16-5-3-7-20(13-16)30-19-10-8-18(9-11-19)26-24(29)21-14-22(28)27(2)23(21)17-6-4-12-25-15-17/h3-13,15,21,23H,14H2,1-2H3,(H,26,29)/t21-,23-/m1/s1. The molecule has 2 heterocycles. The molecule has 1 aromatic heterocycles. The second kappa shape index (κ2) is 8.37. The van der Waals surface area contributed by atoms with E-state index in [0.29, 0.717) is 11.4 Å². The summed E-state index contributed by atoms with van der Waals surface area (Å²) in [5, 5.41) is 2.93. The zero-order valence-corrected chi connectivity index (χ0v) is 16.9. The Labute approximate surface area is 175 Å². The first-order valence-electron chi connectivity index (χ1n) is 9.82. The van der Waals surface area contributed by atoms with Crippen molar-refractivity contribution in [3.63, 3.8) is 0 Å². The summed E-state index contributed by atoms with van der Waals surface area (Å²) >= 11 is 0. The number of amides is 2. The zero-order valence-electron chi connectivity index (χ0n) is 16.9. The van der Waals surface area contributed by atoms with E-state index >= 15 is 0 Å². The molecule has 1 aliphatic heterocycles. The molecule has 2 amide bonds. The zero-order chi connectivity index (χ0) is 21.1. The van der Waals surface area contributed by atoms with Gasteiger partial charge in [0.25, 0.3) is 0 Å². The van der Waals surface area contributed by atoms with Crippen molar-refractivity contribution >= 4 is 17.5 Å². The summed E-state index contributed by atoms with van der Waals surface area (Å²) in [7, 11) is 1.73. The van der Waals surface area contributed by atoms with Gasteiger partial charge in [-0.3, -0.25) is 14.6 Å². The van der Waals surface area contributed by atoms with E-state index in [2.05, 4.69) is 10.3 Å². The Morgan fingerprint density at radius 1 is 1.10 bits per heavy atom. The average molecular weight is 401 g/mol. The van der Waals surface area contributed by atoms with Crippen LogP contribution < -0.4 is 10.1 Å². The number of benzene rings is 2. The van der Waals surface area contributed by atoms with Crippen LogP contribution in [0, 0.1) is 12.8 Å². The monoisotopic (exact) mass is 401 g/mol. The summed E-state index contributed by atoms with van der Waals surface area (Å²) < 4.78 is 5.85. The van der Waals surface area contributed by atoms with Gasteiger partial charge >= 0.3 is 0 Å². The number of carbonyl (C=O) groups is 2. The number of aryl methyl sites for hydroxylation is 1. The Kier molecular flexibility index (Phi) is 5.48. The van der Waals surface area contributed by atoms with Crippen LogP contribution in [0.4, 0.5) is 5.69 Å². The highest BCUT2D eigenvalue weighted by Crippen LogP contribution is 2.37. The van der Waals surface area contributed by atoms with Crippen molar-refractivity contribution < 1.29 is 14.3 Å². The number of rotatable bonds is 5. The van der Waals surface area contributed by atoms with E-state index < -0.39 is 5.92 Å². The molecule has 1 saturated heterocycles. The molecule has 3 aromatic rings. The summed E-state index contributed by atoms with van der Waals surface area (Å²) in [6.07, 6.45) is 3.56. The van der Waals surface area contributed by atoms with Crippen molar-refractivity contribution in [2.75, 3.05) is 12.4 Å². The van der Waals surface area contributed by atoms with E-state index in [4.69, 9.17) is 4.74 Å². The van der Waals surface area contributed by atoms with Gasteiger partial charge in [-0.05, 0) is 60.5 Å². The molecule has 0 unspecified atom stereocenters. The fraction of sp³-hybridized carbons (Fsp3) is 0.208. The number of nitrogens with zero attached hydrogens (tertiary/aromatic N) is 2. The first-order valence-corrected chi connectivity index (χ1v) is 9.82. The quantitative estimate of drug-likeness (QED) is 0.690. The molecule has 30 heavy (non-hydrogen) atoms. The van der Waals surface area contributed by atoms with Crippen LogP contribution in [0.5, 0.6) is 11.5 Å². The molecule has 0 radical (unpaired) electrons. The fourth-order valence-electron chi connectivity index (χ4n) is 3.77. The van der Waals surface area contributed by atoms with Gasteiger partial charge in [0, 0.05) is 31.5 Å². The number of likely N-dealkylation sites (tertiary alicyclic amines) is 1. The van der Waals surface area contributed by atoms with Gasteiger partial charge in [-0.25, -0.2) is 0 Å². The Hall–Kier alpha value is -3.67. The van der Waals surface area contributed by atoms with E-state index in [9.17, 15) is 9.59 Å². The lowest BCUT2D eigenvalue weighted by Gasteiger charge is -2.24. The SMILES string of the molecule is Cc1cccc(Oc2ccc(NC(=O)[C@@H]3CC(=O)N(C)[C@@H]3c3cccnc3)cc2)c1. The Morgan fingerprint density at radius 2 is 1.90 bits per heavy atom. The number of carbonyl (C=O) groups excluding carboxylic acids is 2. The molecule has 1 aliphatic rings. The number of ether oxygens (including phenoxy) is 1. The molecule has 0 bridgehead atoms. The van der Waals surface area contributed by atoms with Crippen LogP contribution in [0.25, 0.3) is 0 Å². The second-order valence-electron chi connectivity index (χ2n) is 7.48. The van der Waals surface area contributed by atoms with Gasteiger partial charge in [0.05, 0.1) is 12.0 Å². The van der Waals surface area contributed by atoms with E-state index in [-0.39, 0.29) is 24.3 Å². The summed E-state index contributed by atoms with van der Waals surface area (Å²) in [5.41, 5.74) is 2.63. The van der Waals surface area contributed by atoms with Crippen molar-refractivity contribution in [2.24, 2.45) is 5.92 Å². The molecule has 0 saturated carbocycles. The number of hydrogen-bond acceptors (Lipinski definition) is 4. The Bertz CT molecular complexity index is 1050. The largest absolute Gasteiger partial charge is 0.457 e. The van der Waals surface area contributed by atoms with E-state index in [1.54, 1.807) is 36.5 Å². The fourth-order valence-corrected chi connectivity index (χ4v) is 3.77. The smallest absolute Gasteiger partial charge is 0.230 e. The van der Waals surface area contributed by atoms with Gasteiger partial charge in [-0.1, -0.05) is 18.2 Å². The van der Waals surface area contributed by atoms with Gasteiger partial charge in [0.2, 0.25) is 11.8 Å². The molecule has 1 fully saturated rings. The normalized spacial score (nSPS) is 18.3. The lowest BCUT2D eigenvalue weighted by Crippen LogP contribution is -2.30. The summed E-state index contributed by atoms with van der Waals surface area (Å²) in [5.74, 6) is 0.732. The van der Waals surface area contributed by atoms with Crippen molar-refractivity contribution in [3.8, 4) is 11.5 Å². The van der Waals surface area contributed by atoms with Crippen LogP contribution in [0.15, 0.2) is 73.1 Å². The Morgan fingerprint density at radius 3 is 2.60 bits per heavy atom. The lowest BCUT2D eigenvalue weighted by atomic mass is 9.94. The third-order valence-corrected chi connectivity index (χ3v) is 5.30. The van der Waals surface area contributed by atoms with Crippen molar-refractivity contribution in [2.45, 2.75) is 19.4 Å². The number of nitrogens with one attached hydrogen (secondary N) is 1. The summed E-state index contributed by atoms with van der Waals surface area (Å²) in [4.78, 5) is 31.0. The maximum atomic E-state index is 13.0. The molecular formula is C24H23N3O3. The molecule has 0 spiro atoms. The lowest BCUT2D eigenvalue weighted by molar-refractivity contribution is -0.127. The minimum absolute atomic E-state index is 0.0501. The van der Waals surface area contributed by atoms with Crippen molar-refractivity contribution in [1.29, 1.82) is 0 Å². The number of anilines is 1. The minimum atomic E-state index is -0.477. The molecule has 4 rings (SSSR count). The van der Waals surface area contributed by atoms with Crippen LogP contribution in [-0.2, 0) is 9.59 Å². The molecule has 6 nitrogen and oxygen atoms in total. The van der Waals surface area contributed by atoms with Crippen LogP contribution in [-0.4, -0.2) is 28.7 Å². The van der Waals surface area contributed by atoms with Gasteiger partial charge in [-0.2, -0.15) is 0 Å². The van der Waals surface area contributed by atoms with Crippen molar-refractivity contribution in [1.82, 2.24) is 9.88 Å². The molecule has 152 valence electrons. The number of pyridine rings is 1. The molecule has 2 atom stereocenters. The average Bonchev–Trinajstić information content (AvgIpc) is 3.05. The molecule has 6 heteroatoms. The first kappa shape index (κ1) is 19.6. The highest BCUT2D eigenvalue weighted by Gasteiger charge is 2.42. The molecular weight excluding hydrogens is 378 g/mol. The van der Waals surface area contributed by atoms with Gasteiger partial charge in [-0.15, -0.1) is 0 Å². The highest BCUT2D eigenvalue weighted by molar-refractivity contribution is 5.97. The van der Waals surface area contributed by atoms with Gasteiger partial charge < -0.3 is 15.0 Å². The highest BCUT2D eigenvalue weighted by atomic mass is 16.5. The maximum absolute atomic E-state index is 13.0.